The molecule has 0 aliphatic rings. The molecule has 2 rings (SSSR count). The molecule has 21 heavy (non-hydrogen) atoms. The molecule has 106 valence electrons. The van der Waals surface area contributed by atoms with Gasteiger partial charge in [0.15, 0.2) is 0 Å². The summed E-state index contributed by atoms with van der Waals surface area (Å²) in [5.41, 5.74) is 1.78. The van der Waals surface area contributed by atoms with Gasteiger partial charge < -0.3 is 10.4 Å². The van der Waals surface area contributed by atoms with Crippen molar-refractivity contribution >= 4 is 17.4 Å². The molecule has 0 aliphatic carbocycles. The van der Waals surface area contributed by atoms with Crippen molar-refractivity contribution in [2.45, 2.75) is 0 Å². The Kier molecular flexibility index (Phi) is 4.13. The Morgan fingerprint density at radius 3 is 2.29 bits per heavy atom. The Morgan fingerprint density at radius 2 is 1.71 bits per heavy atom. The average molecular weight is 282 g/mol. The maximum atomic E-state index is 11.7. The van der Waals surface area contributed by atoms with E-state index in [0.717, 1.165) is 5.56 Å². The van der Waals surface area contributed by atoms with Gasteiger partial charge in [-0.25, -0.2) is 9.78 Å². The Morgan fingerprint density at radius 1 is 1.10 bits per heavy atom. The van der Waals surface area contributed by atoms with E-state index in [1.807, 2.05) is 30.3 Å². The van der Waals surface area contributed by atoms with Crippen LogP contribution >= 0.6 is 0 Å². The zero-order chi connectivity index (χ0) is 15.4. The summed E-state index contributed by atoms with van der Waals surface area (Å²) >= 11 is 0. The molecule has 1 amide bonds. The van der Waals surface area contributed by atoms with Crippen LogP contribution in [-0.4, -0.2) is 29.0 Å². The molecule has 1 aromatic heterocycles. The summed E-state index contributed by atoms with van der Waals surface area (Å²) in [5.74, 6) is -1.56. The van der Waals surface area contributed by atoms with Crippen molar-refractivity contribution in [1.29, 1.82) is 0 Å². The number of nitrogens with one attached hydrogen (secondary N) is 1. The fraction of sp³-hybridized carbons (Fsp3) is 0.0625. The number of hydrogen-bond donors (Lipinski definition) is 2. The van der Waals surface area contributed by atoms with Crippen molar-refractivity contribution in [3.05, 3.63) is 71.6 Å². The molecule has 0 fully saturated rings. The van der Waals surface area contributed by atoms with Crippen molar-refractivity contribution in [1.82, 2.24) is 10.3 Å². The third kappa shape index (κ3) is 3.14. The molecule has 2 N–H and O–H groups in total. The van der Waals surface area contributed by atoms with Gasteiger partial charge in [-0.15, -0.1) is 0 Å². The average Bonchev–Trinajstić information content (AvgIpc) is 2.53. The normalized spacial score (nSPS) is 9.95. The highest BCUT2D eigenvalue weighted by atomic mass is 16.4. The molecule has 5 heteroatoms. The van der Waals surface area contributed by atoms with Crippen LogP contribution in [0.15, 0.2) is 49.0 Å². The van der Waals surface area contributed by atoms with Gasteiger partial charge >= 0.3 is 5.97 Å². The van der Waals surface area contributed by atoms with Crippen LogP contribution in [0.2, 0.25) is 0 Å². The van der Waals surface area contributed by atoms with Crippen molar-refractivity contribution in [2.75, 3.05) is 7.05 Å². The van der Waals surface area contributed by atoms with E-state index in [1.54, 1.807) is 0 Å². The second-order valence-corrected chi connectivity index (χ2v) is 4.36. The van der Waals surface area contributed by atoms with Crippen LogP contribution in [0.3, 0.4) is 0 Å². The zero-order valence-electron chi connectivity index (χ0n) is 11.5. The van der Waals surface area contributed by atoms with Crippen molar-refractivity contribution < 1.29 is 14.7 Å². The number of carbonyl (C=O) groups excluding carboxylic acids is 1. The summed E-state index contributed by atoms with van der Waals surface area (Å²) in [7, 11) is 1.46. The van der Waals surface area contributed by atoms with Gasteiger partial charge in [-0.3, -0.25) is 4.79 Å². The van der Waals surface area contributed by atoms with Crippen LogP contribution in [0.25, 0.3) is 5.57 Å². The first kappa shape index (κ1) is 14.5. The molecule has 0 unspecified atom stereocenters. The summed E-state index contributed by atoms with van der Waals surface area (Å²) < 4.78 is 0. The monoisotopic (exact) mass is 282 g/mol. The molecule has 0 bridgehead atoms. The SMILES string of the molecule is C=C(c1ccccc1)c1cc(C(=O)O)cc(C(=O)NC)n1. The number of amides is 1. The molecule has 5 nitrogen and oxygen atoms in total. The third-order valence-corrected chi connectivity index (χ3v) is 2.96. The Balaban J connectivity index is 2.52. The van der Waals surface area contributed by atoms with Gasteiger partial charge in [0.25, 0.3) is 5.91 Å². The Labute approximate surface area is 122 Å². The van der Waals surface area contributed by atoms with Crippen LogP contribution < -0.4 is 5.32 Å². The standard InChI is InChI=1S/C16H14N2O3/c1-10(11-6-4-3-5-7-11)13-8-12(16(20)21)9-14(18-13)15(19)17-2/h3-9H,1H2,2H3,(H,17,19)(H,20,21). The van der Waals surface area contributed by atoms with Crippen molar-refractivity contribution in [3.63, 3.8) is 0 Å². The largest absolute Gasteiger partial charge is 0.478 e. The lowest BCUT2D eigenvalue weighted by Crippen LogP contribution is -2.20. The Bertz CT molecular complexity index is 709. The summed E-state index contributed by atoms with van der Waals surface area (Å²) in [4.78, 5) is 27.1. The lowest BCUT2D eigenvalue weighted by molar-refractivity contribution is 0.0696. The van der Waals surface area contributed by atoms with Crippen LogP contribution in [0.5, 0.6) is 0 Å². The minimum absolute atomic E-state index is 0.00400. The first-order valence-corrected chi connectivity index (χ1v) is 6.25. The van der Waals surface area contributed by atoms with E-state index in [1.165, 1.54) is 19.2 Å². The van der Waals surface area contributed by atoms with Gasteiger partial charge in [0.2, 0.25) is 0 Å². The fourth-order valence-electron chi connectivity index (χ4n) is 1.84. The van der Waals surface area contributed by atoms with Gasteiger partial charge in [-0.05, 0) is 17.7 Å². The predicted molar refractivity (Wildman–Crippen MR) is 79.2 cm³/mol. The maximum Gasteiger partial charge on any atom is 0.335 e. The zero-order valence-corrected chi connectivity index (χ0v) is 11.5. The second kappa shape index (κ2) is 6.00. The Hall–Kier alpha value is -2.95. The van der Waals surface area contributed by atoms with Gasteiger partial charge in [0.05, 0.1) is 11.3 Å². The molecule has 0 saturated carbocycles. The van der Waals surface area contributed by atoms with E-state index in [9.17, 15) is 9.59 Å². The van der Waals surface area contributed by atoms with Gasteiger partial charge in [-0.2, -0.15) is 0 Å². The quantitative estimate of drug-likeness (QED) is 0.901. The molecular weight excluding hydrogens is 268 g/mol. The minimum atomic E-state index is -1.12. The van der Waals surface area contributed by atoms with Gasteiger partial charge in [-0.1, -0.05) is 36.9 Å². The molecule has 1 aromatic carbocycles. The predicted octanol–water partition coefficient (Wildman–Crippen LogP) is 2.20. The highest BCUT2D eigenvalue weighted by Gasteiger charge is 2.15. The van der Waals surface area contributed by atoms with Crippen molar-refractivity contribution in [3.8, 4) is 0 Å². The number of carboxylic acids is 1. The number of pyridine rings is 1. The lowest BCUT2D eigenvalue weighted by atomic mass is 10.0. The smallest absolute Gasteiger partial charge is 0.335 e. The summed E-state index contributed by atoms with van der Waals surface area (Å²) in [6, 6.07) is 11.9. The van der Waals surface area contributed by atoms with Crippen molar-refractivity contribution in [2.24, 2.45) is 0 Å². The molecular formula is C16H14N2O3. The van der Waals surface area contributed by atoms with Crippen LogP contribution in [-0.2, 0) is 0 Å². The molecule has 0 atom stereocenters. The highest BCUT2D eigenvalue weighted by Crippen LogP contribution is 2.21. The van der Waals surface area contributed by atoms with E-state index < -0.39 is 11.9 Å². The number of benzene rings is 1. The number of carboxylic acid groups (broad SMARTS) is 1. The molecule has 0 spiro atoms. The molecule has 0 aliphatic heterocycles. The topological polar surface area (TPSA) is 79.3 Å². The highest BCUT2D eigenvalue weighted by molar-refractivity contribution is 5.97. The number of nitrogens with zero attached hydrogens (tertiary/aromatic N) is 1. The van der Waals surface area contributed by atoms with E-state index in [2.05, 4.69) is 16.9 Å². The number of aromatic carboxylic acids is 1. The van der Waals surface area contributed by atoms with E-state index >= 15 is 0 Å². The fourth-order valence-corrected chi connectivity index (χ4v) is 1.84. The summed E-state index contributed by atoms with van der Waals surface area (Å²) in [6.07, 6.45) is 0. The van der Waals surface area contributed by atoms with E-state index in [4.69, 9.17) is 5.11 Å². The van der Waals surface area contributed by atoms with Crippen LogP contribution in [0, 0.1) is 0 Å². The van der Waals surface area contributed by atoms with E-state index in [0.29, 0.717) is 11.3 Å². The number of carbonyl (C=O) groups is 2. The van der Waals surface area contributed by atoms with Gasteiger partial charge in [0, 0.05) is 12.6 Å². The van der Waals surface area contributed by atoms with Crippen LogP contribution in [0.1, 0.15) is 32.1 Å². The lowest BCUT2D eigenvalue weighted by Gasteiger charge is -2.09. The van der Waals surface area contributed by atoms with Gasteiger partial charge in [0.1, 0.15) is 5.69 Å². The molecule has 1 heterocycles. The van der Waals surface area contributed by atoms with E-state index in [-0.39, 0.29) is 11.3 Å². The summed E-state index contributed by atoms with van der Waals surface area (Å²) in [6.45, 7) is 3.93. The molecule has 2 aromatic rings. The number of aromatic nitrogens is 1. The maximum absolute atomic E-state index is 11.7. The molecule has 0 radical (unpaired) electrons. The number of hydrogen-bond acceptors (Lipinski definition) is 3. The first-order chi connectivity index (χ1) is 10.0. The summed E-state index contributed by atoms with van der Waals surface area (Å²) in [5, 5.41) is 11.6. The first-order valence-electron chi connectivity index (χ1n) is 6.25. The molecule has 0 saturated heterocycles. The second-order valence-electron chi connectivity index (χ2n) is 4.36. The van der Waals surface area contributed by atoms with Crippen LogP contribution in [0.4, 0.5) is 0 Å². The number of rotatable bonds is 4. The third-order valence-electron chi connectivity index (χ3n) is 2.96. The minimum Gasteiger partial charge on any atom is -0.478 e.